The fourth-order valence-electron chi connectivity index (χ4n) is 1.92. The molecule has 0 aromatic heterocycles. The fourth-order valence-corrected chi connectivity index (χ4v) is 3.22. The van der Waals surface area contributed by atoms with Crippen LogP contribution >= 0.6 is 0 Å². The van der Waals surface area contributed by atoms with Crippen LogP contribution in [-0.4, -0.2) is 56.9 Å². The third-order valence-electron chi connectivity index (χ3n) is 3.13. The lowest BCUT2D eigenvalue weighted by atomic mass is 9.96. The molecule has 1 saturated heterocycles. The Hall–Kier alpha value is -0.170. The maximum Gasteiger partial charge on any atom is 0.213 e. The lowest BCUT2D eigenvalue weighted by Crippen LogP contribution is -2.34. The third kappa shape index (κ3) is 4.37. The monoisotopic (exact) mass is 250 g/mol. The molecule has 0 amide bonds. The average molecular weight is 250 g/mol. The van der Waals surface area contributed by atoms with E-state index in [-0.39, 0.29) is 18.9 Å². The Morgan fingerprint density at radius 2 is 2.00 bits per heavy atom. The molecule has 1 fully saturated rings. The van der Waals surface area contributed by atoms with Crippen LogP contribution in [0.15, 0.2) is 0 Å². The summed E-state index contributed by atoms with van der Waals surface area (Å²) < 4.78 is 24.8. The van der Waals surface area contributed by atoms with E-state index in [4.69, 9.17) is 5.11 Å². The number of aliphatic hydroxyl groups excluding tert-OH is 1. The fraction of sp³-hybridized carbons (Fsp3) is 1.00. The second-order valence-electron chi connectivity index (χ2n) is 4.34. The minimum atomic E-state index is -3.17. The standard InChI is InChI=1S/C10H22N2O3S/c1-12(7-8-13)16(14,15)9-4-10-2-5-11-6-3-10/h10-11,13H,2-9H2,1H3. The smallest absolute Gasteiger partial charge is 0.213 e. The van der Waals surface area contributed by atoms with Crippen molar-refractivity contribution in [3.8, 4) is 0 Å². The van der Waals surface area contributed by atoms with Gasteiger partial charge in [0.2, 0.25) is 10.0 Å². The van der Waals surface area contributed by atoms with Crippen LogP contribution in [0.4, 0.5) is 0 Å². The Balaban J connectivity index is 2.34. The number of likely N-dealkylation sites (N-methyl/N-ethyl adjacent to an activating group) is 1. The normalized spacial score (nSPS) is 19.2. The van der Waals surface area contributed by atoms with E-state index in [1.54, 1.807) is 0 Å². The third-order valence-corrected chi connectivity index (χ3v) is 5.02. The maximum absolute atomic E-state index is 11.8. The number of rotatable bonds is 6. The van der Waals surface area contributed by atoms with Crippen LogP contribution in [0, 0.1) is 5.92 Å². The van der Waals surface area contributed by atoms with Crippen LogP contribution in [0.25, 0.3) is 0 Å². The quantitative estimate of drug-likeness (QED) is 0.675. The molecule has 0 unspecified atom stereocenters. The molecule has 0 saturated carbocycles. The molecule has 0 aromatic rings. The lowest BCUT2D eigenvalue weighted by Gasteiger charge is -2.23. The number of hydrogen-bond acceptors (Lipinski definition) is 4. The summed E-state index contributed by atoms with van der Waals surface area (Å²) in [5.74, 6) is 0.729. The van der Waals surface area contributed by atoms with Crippen molar-refractivity contribution in [1.82, 2.24) is 9.62 Å². The first-order valence-corrected chi connectivity index (χ1v) is 7.43. The lowest BCUT2D eigenvalue weighted by molar-refractivity contribution is 0.266. The number of nitrogens with one attached hydrogen (secondary N) is 1. The van der Waals surface area contributed by atoms with E-state index in [2.05, 4.69) is 5.32 Å². The first-order valence-electron chi connectivity index (χ1n) is 5.82. The second kappa shape index (κ2) is 6.54. The summed E-state index contributed by atoms with van der Waals surface area (Å²) in [5, 5.41) is 12.0. The molecule has 0 radical (unpaired) electrons. The predicted octanol–water partition coefficient (Wildman–Crippen LogP) is -0.370. The van der Waals surface area contributed by atoms with E-state index >= 15 is 0 Å². The van der Waals surface area contributed by atoms with Crippen LogP contribution in [-0.2, 0) is 10.0 Å². The van der Waals surface area contributed by atoms with E-state index in [1.807, 2.05) is 0 Å². The zero-order valence-electron chi connectivity index (χ0n) is 9.85. The van der Waals surface area contributed by atoms with Gasteiger partial charge in [-0.05, 0) is 38.3 Å². The molecule has 16 heavy (non-hydrogen) atoms. The molecule has 6 heteroatoms. The van der Waals surface area contributed by atoms with Crippen molar-refractivity contribution in [3.05, 3.63) is 0 Å². The van der Waals surface area contributed by atoms with Gasteiger partial charge in [0.05, 0.1) is 12.4 Å². The van der Waals surface area contributed by atoms with Crippen molar-refractivity contribution in [3.63, 3.8) is 0 Å². The number of nitrogens with zero attached hydrogens (tertiary/aromatic N) is 1. The van der Waals surface area contributed by atoms with Crippen LogP contribution < -0.4 is 5.32 Å². The topological polar surface area (TPSA) is 69.6 Å². The molecule has 1 aliphatic heterocycles. The molecular weight excluding hydrogens is 228 g/mol. The van der Waals surface area contributed by atoms with Gasteiger partial charge in [0, 0.05) is 13.6 Å². The second-order valence-corrected chi connectivity index (χ2v) is 6.54. The van der Waals surface area contributed by atoms with Gasteiger partial charge in [-0.25, -0.2) is 12.7 Å². The van der Waals surface area contributed by atoms with Crippen molar-refractivity contribution in [2.24, 2.45) is 5.92 Å². The van der Waals surface area contributed by atoms with Crippen molar-refractivity contribution >= 4 is 10.0 Å². The van der Waals surface area contributed by atoms with Gasteiger partial charge in [0.15, 0.2) is 0 Å². The summed E-state index contributed by atoms with van der Waals surface area (Å²) in [4.78, 5) is 0. The van der Waals surface area contributed by atoms with Gasteiger partial charge in [-0.3, -0.25) is 0 Å². The van der Waals surface area contributed by atoms with E-state index in [0.29, 0.717) is 5.92 Å². The summed E-state index contributed by atoms with van der Waals surface area (Å²) >= 11 is 0. The molecule has 5 nitrogen and oxygen atoms in total. The number of sulfonamides is 1. The van der Waals surface area contributed by atoms with Gasteiger partial charge < -0.3 is 10.4 Å². The summed E-state index contributed by atoms with van der Waals surface area (Å²) in [7, 11) is -1.65. The number of piperidine rings is 1. The van der Waals surface area contributed by atoms with Gasteiger partial charge in [-0.1, -0.05) is 0 Å². The van der Waals surface area contributed by atoms with Gasteiger partial charge in [0.25, 0.3) is 0 Å². The van der Waals surface area contributed by atoms with Crippen molar-refractivity contribution in [1.29, 1.82) is 0 Å². The Morgan fingerprint density at radius 1 is 1.38 bits per heavy atom. The van der Waals surface area contributed by atoms with Crippen LogP contribution in [0.1, 0.15) is 19.3 Å². The largest absolute Gasteiger partial charge is 0.395 e. The number of aliphatic hydroxyl groups is 1. The highest BCUT2D eigenvalue weighted by atomic mass is 32.2. The molecule has 2 N–H and O–H groups in total. The maximum atomic E-state index is 11.8. The summed E-state index contributed by atoms with van der Waals surface area (Å²) in [6.45, 7) is 2.06. The summed E-state index contributed by atoms with van der Waals surface area (Å²) in [6, 6.07) is 0. The van der Waals surface area contributed by atoms with Crippen LogP contribution in [0.5, 0.6) is 0 Å². The van der Waals surface area contributed by atoms with Crippen LogP contribution in [0.2, 0.25) is 0 Å². The molecule has 96 valence electrons. The predicted molar refractivity (Wildman–Crippen MR) is 63.7 cm³/mol. The minimum absolute atomic E-state index is 0.122. The summed E-state index contributed by atoms with van der Waals surface area (Å²) in [5.41, 5.74) is 0. The van der Waals surface area contributed by atoms with E-state index in [0.717, 1.165) is 32.4 Å². The first-order chi connectivity index (χ1) is 7.56. The van der Waals surface area contributed by atoms with Crippen molar-refractivity contribution in [2.45, 2.75) is 19.3 Å². The highest BCUT2D eigenvalue weighted by Gasteiger charge is 2.20. The van der Waals surface area contributed by atoms with Crippen LogP contribution in [0.3, 0.4) is 0 Å². The van der Waals surface area contributed by atoms with Gasteiger partial charge in [-0.15, -0.1) is 0 Å². The molecule has 0 bridgehead atoms. The highest BCUT2D eigenvalue weighted by molar-refractivity contribution is 7.89. The van der Waals surface area contributed by atoms with Gasteiger partial charge in [0.1, 0.15) is 0 Å². The van der Waals surface area contributed by atoms with E-state index < -0.39 is 10.0 Å². The van der Waals surface area contributed by atoms with Gasteiger partial charge >= 0.3 is 0 Å². The van der Waals surface area contributed by atoms with Crippen molar-refractivity contribution in [2.75, 3.05) is 39.0 Å². The molecule has 0 aliphatic carbocycles. The van der Waals surface area contributed by atoms with Crippen molar-refractivity contribution < 1.29 is 13.5 Å². The summed E-state index contributed by atoms with van der Waals surface area (Å²) in [6.07, 6.45) is 2.87. The number of hydrogen-bond donors (Lipinski definition) is 2. The Bertz CT molecular complexity index is 286. The Kier molecular flexibility index (Phi) is 5.68. The average Bonchev–Trinajstić information content (AvgIpc) is 2.28. The molecule has 0 spiro atoms. The molecule has 1 rings (SSSR count). The molecule has 1 heterocycles. The SMILES string of the molecule is CN(CCO)S(=O)(=O)CCC1CCNCC1. The molecule has 0 atom stereocenters. The zero-order valence-corrected chi connectivity index (χ0v) is 10.7. The molecule has 0 aromatic carbocycles. The minimum Gasteiger partial charge on any atom is -0.395 e. The molecule has 1 aliphatic rings. The zero-order chi connectivity index (χ0) is 12.0. The highest BCUT2D eigenvalue weighted by Crippen LogP contribution is 2.17. The Morgan fingerprint density at radius 3 is 2.56 bits per heavy atom. The van der Waals surface area contributed by atoms with Gasteiger partial charge in [-0.2, -0.15) is 0 Å². The Labute approximate surface area is 97.9 Å². The van der Waals surface area contributed by atoms with E-state index in [9.17, 15) is 8.42 Å². The first kappa shape index (κ1) is 13.9. The van der Waals surface area contributed by atoms with E-state index in [1.165, 1.54) is 11.4 Å². The molecular formula is C10H22N2O3S.